The SMILES string of the molecule is CC(=O)SCC(=O)N[C@@H]1CCN(C(=O)OC(C)(C)C)C1. The van der Waals surface area contributed by atoms with Crippen LogP contribution in [0, 0.1) is 0 Å². The van der Waals surface area contributed by atoms with E-state index in [9.17, 15) is 14.4 Å². The first kappa shape index (κ1) is 16.8. The molecule has 0 aromatic carbocycles. The number of amides is 2. The lowest BCUT2D eigenvalue weighted by Gasteiger charge is -2.24. The second-order valence-electron chi connectivity index (χ2n) is 5.76. The molecule has 1 rings (SSSR count). The minimum atomic E-state index is -0.517. The fourth-order valence-electron chi connectivity index (χ4n) is 1.81. The van der Waals surface area contributed by atoms with Crippen molar-refractivity contribution in [2.24, 2.45) is 0 Å². The number of likely N-dealkylation sites (tertiary alicyclic amines) is 1. The molecule has 0 unspecified atom stereocenters. The van der Waals surface area contributed by atoms with Crippen LogP contribution in [0.3, 0.4) is 0 Å². The van der Waals surface area contributed by atoms with Gasteiger partial charge in [-0.3, -0.25) is 9.59 Å². The van der Waals surface area contributed by atoms with Gasteiger partial charge >= 0.3 is 6.09 Å². The third-order valence-corrected chi connectivity index (χ3v) is 3.42. The molecule has 114 valence electrons. The average molecular weight is 302 g/mol. The van der Waals surface area contributed by atoms with Crippen molar-refractivity contribution in [3.05, 3.63) is 0 Å². The lowest BCUT2D eigenvalue weighted by molar-refractivity contribution is -0.119. The third-order valence-electron chi connectivity index (χ3n) is 2.61. The van der Waals surface area contributed by atoms with Gasteiger partial charge in [-0.25, -0.2) is 4.79 Å². The molecule has 1 fully saturated rings. The van der Waals surface area contributed by atoms with Gasteiger partial charge in [0.15, 0.2) is 5.12 Å². The highest BCUT2D eigenvalue weighted by Crippen LogP contribution is 2.15. The highest BCUT2D eigenvalue weighted by Gasteiger charge is 2.30. The van der Waals surface area contributed by atoms with Crippen LogP contribution in [0.15, 0.2) is 0 Å². The van der Waals surface area contributed by atoms with E-state index in [1.54, 1.807) is 4.90 Å². The minimum absolute atomic E-state index is 0.0671. The number of hydrogen-bond donors (Lipinski definition) is 1. The van der Waals surface area contributed by atoms with Crippen molar-refractivity contribution >= 4 is 28.9 Å². The first-order valence-corrected chi connectivity index (χ1v) is 7.56. The molecule has 0 radical (unpaired) electrons. The Morgan fingerprint density at radius 2 is 2.00 bits per heavy atom. The summed E-state index contributed by atoms with van der Waals surface area (Å²) in [5.41, 5.74) is -0.517. The number of carbonyl (C=O) groups excluding carboxylic acids is 3. The van der Waals surface area contributed by atoms with Gasteiger partial charge in [-0.05, 0) is 27.2 Å². The standard InChI is InChI=1S/C13H22N2O4S/c1-9(16)20-8-11(17)14-10-5-6-15(7-10)12(18)19-13(2,3)4/h10H,5-8H2,1-4H3,(H,14,17)/t10-/m1/s1. The van der Waals surface area contributed by atoms with Gasteiger partial charge in [-0.1, -0.05) is 11.8 Å². The lowest BCUT2D eigenvalue weighted by atomic mass is 10.2. The van der Waals surface area contributed by atoms with Crippen molar-refractivity contribution in [1.29, 1.82) is 0 Å². The number of nitrogens with zero attached hydrogens (tertiary/aromatic N) is 1. The molecule has 0 aromatic heterocycles. The molecular formula is C13H22N2O4S. The van der Waals surface area contributed by atoms with Crippen LogP contribution in [0.1, 0.15) is 34.1 Å². The summed E-state index contributed by atoms with van der Waals surface area (Å²) in [4.78, 5) is 35.8. The number of rotatable bonds is 3. The smallest absolute Gasteiger partial charge is 0.410 e. The van der Waals surface area contributed by atoms with Gasteiger partial charge in [0.1, 0.15) is 5.60 Å². The molecule has 1 aliphatic heterocycles. The van der Waals surface area contributed by atoms with Gasteiger partial charge < -0.3 is 15.0 Å². The molecular weight excluding hydrogens is 280 g/mol. The summed E-state index contributed by atoms with van der Waals surface area (Å²) in [5.74, 6) is -0.0561. The highest BCUT2D eigenvalue weighted by molar-refractivity contribution is 8.14. The predicted octanol–water partition coefficient (Wildman–Crippen LogP) is 1.39. The van der Waals surface area contributed by atoms with Gasteiger partial charge in [0.2, 0.25) is 5.91 Å². The van der Waals surface area contributed by atoms with E-state index in [0.717, 1.165) is 11.8 Å². The quantitative estimate of drug-likeness (QED) is 0.852. The van der Waals surface area contributed by atoms with E-state index in [1.165, 1.54) is 6.92 Å². The molecule has 2 amide bonds. The van der Waals surface area contributed by atoms with Gasteiger partial charge in [0.05, 0.1) is 5.75 Å². The van der Waals surface area contributed by atoms with Crippen molar-refractivity contribution in [3.8, 4) is 0 Å². The molecule has 0 aliphatic carbocycles. The maximum atomic E-state index is 11.8. The maximum absolute atomic E-state index is 11.8. The lowest BCUT2D eigenvalue weighted by Crippen LogP contribution is -2.40. The first-order valence-electron chi connectivity index (χ1n) is 6.58. The Kier molecular flexibility index (Phi) is 5.86. The third kappa shape index (κ3) is 6.27. The van der Waals surface area contributed by atoms with Gasteiger partial charge in [-0.2, -0.15) is 0 Å². The summed E-state index contributed by atoms with van der Waals surface area (Å²) in [6.07, 6.45) is 0.350. The number of hydrogen-bond acceptors (Lipinski definition) is 5. The van der Waals surface area contributed by atoms with E-state index < -0.39 is 5.60 Å². The molecule has 1 aliphatic rings. The summed E-state index contributed by atoms with van der Waals surface area (Å²) >= 11 is 0.982. The normalized spacial score (nSPS) is 18.8. The summed E-state index contributed by atoms with van der Waals surface area (Å²) in [5, 5.41) is 2.74. The van der Waals surface area contributed by atoms with E-state index in [2.05, 4.69) is 5.32 Å². The van der Waals surface area contributed by atoms with E-state index in [1.807, 2.05) is 20.8 Å². The van der Waals surface area contributed by atoms with Gasteiger partial charge in [0.25, 0.3) is 0 Å². The van der Waals surface area contributed by atoms with Crippen molar-refractivity contribution in [3.63, 3.8) is 0 Å². The topological polar surface area (TPSA) is 75.7 Å². The number of ether oxygens (including phenoxy) is 1. The molecule has 0 saturated carbocycles. The summed E-state index contributed by atoms with van der Waals surface area (Å²) < 4.78 is 5.28. The molecule has 0 spiro atoms. The van der Waals surface area contributed by atoms with E-state index in [-0.39, 0.29) is 28.9 Å². The van der Waals surface area contributed by atoms with E-state index >= 15 is 0 Å². The van der Waals surface area contributed by atoms with Crippen molar-refractivity contribution < 1.29 is 19.1 Å². The molecule has 6 nitrogen and oxygen atoms in total. The zero-order valence-electron chi connectivity index (χ0n) is 12.4. The van der Waals surface area contributed by atoms with Crippen LogP contribution in [0.2, 0.25) is 0 Å². The second kappa shape index (κ2) is 6.97. The molecule has 0 bridgehead atoms. The fraction of sp³-hybridized carbons (Fsp3) is 0.769. The van der Waals surface area contributed by atoms with Crippen LogP contribution in [0.25, 0.3) is 0 Å². The molecule has 7 heteroatoms. The number of carbonyl (C=O) groups is 3. The maximum Gasteiger partial charge on any atom is 0.410 e. The van der Waals surface area contributed by atoms with Crippen LogP contribution in [0.4, 0.5) is 4.79 Å². The summed E-state index contributed by atoms with van der Waals surface area (Å²) in [6.45, 7) is 7.90. The Hall–Kier alpha value is -1.24. The zero-order valence-corrected chi connectivity index (χ0v) is 13.2. The van der Waals surface area contributed by atoms with Crippen LogP contribution < -0.4 is 5.32 Å². The average Bonchev–Trinajstić information content (AvgIpc) is 2.72. The Bertz CT molecular complexity index is 392. The summed E-state index contributed by atoms with van der Waals surface area (Å²) in [7, 11) is 0. The number of thioether (sulfide) groups is 1. The second-order valence-corrected chi connectivity index (χ2v) is 6.91. The fourth-order valence-corrected chi connectivity index (χ4v) is 2.22. The largest absolute Gasteiger partial charge is 0.444 e. The monoisotopic (exact) mass is 302 g/mol. The Balaban J connectivity index is 2.34. The van der Waals surface area contributed by atoms with E-state index in [4.69, 9.17) is 4.74 Å². The molecule has 1 saturated heterocycles. The van der Waals surface area contributed by atoms with Crippen LogP contribution in [-0.4, -0.2) is 52.5 Å². The van der Waals surface area contributed by atoms with Gasteiger partial charge in [0, 0.05) is 26.1 Å². The van der Waals surface area contributed by atoms with E-state index in [0.29, 0.717) is 19.5 Å². The minimum Gasteiger partial charge on any atom is -0.444 e. The molecule has 0 aromatic rings. The number of nitrogens with one attached hydrogen (secondary N) is 1. The first-order chi connectivity index (χ1) is 9.17. The Labute approximate surface area is 123 Å². The molecule has 20 heavy (non-hydrogen) atoms. The van der Waals surface area contributed by atoms with Crippen molar-refractivity contribution in [2.75, 3.05) is 18.8 Å². The van der Waals surface area contributed by atoms with Crippen LogP contribution in [0.5, 0.6) is 0 Å². The summed E-state index contributed by atoms with van der Waals surface area (Å²) in [6, 6.07) is -0.0671. The Morgan fingerprint density at radius 3 is 2.55 bits per heavy atom. The zero-order chi connectivity index (χ0) is 15.3. The highest BCUT2D eigenvalue weighted by atomic mass is 32.2. The molecule has 1 atom stereocenters. The van der Waals surface area contributed by atoms with Crippen molar-refractivity contribution in [1.82, 2.24) is 10.2 Å². The molecule has 1 heterocycles. The molecule has 1 N–H and O–H groups in total. The Morgan fingerprint density at radius 1 is 1.35 bits per heavy atom. The van der Waals surface area contributed by atoms with Gasteiger partial charge in [-0.15, -0.1) is 0 Å². The van der Waals surface area contributed by atoms with Crippen molar-refractivity contribution in [2.45, 2.75) is 45.8 Å². The predicted molar refractivity (Wildman–Crippen MR) is 77.5 cm³/mol. The van der Waals surface area contributed by atoms with Crippen LogP contribution >= 0.6 is 11.8 Å². The van der Waals surface area contributed by atoms with Crippen LogP contribution in [-0.2, 0) is 14.3 Å².